The summed E-state index contributed by atoms with van der Waals surface area (Å²) in [5.41, 5.74) is 2.50. The number of rotatable bonds is 4. The van der Waals surface area contributed by atoms with E-state index in [0.717, 1.165) is 5.56 Å². The fraction of sp³-hybridized carbons (Fsp3) is 0.111. The van der Waals surface area contributed by atoms with Gasteiger partial charge in [0.25, 0.3) is 0 Å². The third-order valence-corrected chi connectivity index (χ3v) is 3.84. The van der Waals surface area contributed by atoms with Crippen molar-refractivity contribution in [3.8, 4) is 11.3 Å². The van der Waals surface area contributed by atoms with Crippen LogP contribution >= 0.6 is 0 Å². The molecule has 5 heteroatoms. The van der Waals surface area contributed by atoms with Gasteiger partial charge in [-0.3, -0.25) is 0 Å². The second-order valence-electron chi connectivity index (χ2n) is 5.30. The molecule has 0 saturated heterocycles. The minimum Gasteiger partial charge on any atom is -0.711 e. The Labute approximate surface area is 133 Å². The van der Waals surface area contributed by atoms with Gasteiger partial charge in [-0.25, -0.2) is 14.1 Å². The van der Waals surface area contributed by atoms with Crippen LogP contribution in [0.3, 0.4) is 0 Å². The summed E-state index contributed by atoms with van der Waals surface area (Å²) in [6, 6.07) is 17.3. The average Bonchev–Trinajstić information content (AvgIpc) is 2.84. The molecule has 0 aliphatic heterocycles. The van der Waals surface area contributed by atoms with E-state index in [1.165, 1.54) is 10.9 Å². The van der Waals surface area contributed by atoms with Gasteiger partial charge in [0.2, 0.25) is 12.4 Å². The quantitative estimate of drug-likeness (QED) is 0.595. The third kappa shape index (κ3) is 2.68. The first-order valence-corrected chi connectivity index (χ1v) is 7.23. The van der Waals surface area contributed by atoms with Gasteiger partial charge in [-0.1, -0.05) is 60.7 Å². The Balaban J connectivity index is 2.23. The normalized spacial score (nSPS) is 12.0. The lowest BCUT2D eigenvalue weighted by Gasteiger charge is -2.12. The fourth-order valence-electron chi connectivity index (χ4n) is 2.76. The lowest BCUT2D eigenvalue weighted by Crippen LogP contribution is -2.27. The van der Waals surface area contributed by atoms with E-state index in [9.17, 15) is 15.1 Å². The number of carboxylic acid groups (broad SMARTS) is 1. The molecule has 1 unspecified atom stereocenters. The number of imidazole rings is 1. The Kier molecular flexibility index (Phi) is 3.85. The van der Waals surface area contributed by atoms with Crippen LogP contribution in [0, 0.1) is 12.1 Å². The van der Waals surface area contributed by atoms with Crippen molar-refractivity contribution < 1.29 is 14.6 Å². The number of nitrogens with zero attached hydrogens (tertiary/aromatic N) is 2. The molecule has 1 N–H and O–H groups in total. The minimum atomic E-state index is -1.01. The molecule has 2 aromatic carbocycles. The number of benzene rings is 2. The van der Waals surface area contributed by atoms with Crippen molar-refractivity contribution in [3.63, 3.8) is 0 Å². The predicted molar refractivity (Wildman–Crippen MR) is 85.8 cm³/mol. The number of carbonyl (C=O) groups is 1. The van der Waals surface area contributed by atoms with Crippen LogP contribution in [-0.4, -0.2) is 15.6 Å². The van der Waals surface area contributed by atoms with Crippen LogP contribution in [0.2, 0.25) is 0 Å². The summed E-state index contributed by atoms with van der Waals surface area (Å²) in [4.78, 5) is 11.9. The van der Waals surface area contributed by atoms with E-state index < -0.39 is 12.0 Å². The lowest BCUT2D eigenvalue weighted by molar-refractivity contribution is -0.611. The molecular weight excluding hydrogens is 292 g/mol. The second-order valence-corrected chi connectivity index (χ2v) is 5.30. The molecule has 3 rings (SSSR count). The molecule has 0 aliphatic carbocycles. The molecule has 0 spiro atoms. The topological polar surface area (TPSA) is 69.2 Å². The van der Waals surface area contributed by atoms with Gasteiger partial charge in [-0.2, -0.15) is 0 Å². The van der Waals surface area contributed by atoms with Crippen molar-refractivity contribution in [2.24, 2.45) is 0 Å². The molecule has 3 aromatic rings. The molecule has 0 bridgehead atoms. The van der Waals surface area contributed by atoms with Crippen LogP contribution in [0.25, 0.3) is 11.3 Å². The molecule has 0 aliphatic rings. The van der Waals surface area contributed by atoms with Crippen molar-refractivity contribution in [1.82, 2.24) is 4.57 Å². The van der Waals surface area contributed by atoms with E-state index in [-0.39, 0.29) is 0 Å². The summed E-state index contributed by atoms with van der Waals surface area (Å²) >= 11 is 0. The lowest BCUT2D eigenvalue weighted by atomic mass is 10.0. The predicted octanol–water partition coefficient (Wildman–Crippen LogP) is 2.77. The summed E-state index contributed by atoms with van der Waals surface area (Å²) in [5.74, 6) is -1.01. The van der Waals surface area contributed by atoms with E-state index in [0.29, 0.717) is 21.7 Å². The molecule has 116 valence electrons. The molecular formula is C18H16N2O3. The molecule has 0 fully saturated rings. The smallest absolute Gasteiger partial charge is 0.354 e. The summed E-state index contributed by atoms with van der Waals surface area (Å²) in [5, 5.41) is 21.8. The second kappa shape index (κ2) is 5.96. The molecule has 0 radical (unpaired) electrons. The van der Waals surface area contributed by atoms with Crippen LogP contribution in [-0.2, 0) is 4.79 Å². The zero-order valence-corrected chi connectivity index (χ0v) is 12.6. The van der Waals surface area contributed by atoms with E-state index in [4.69, 9.17) is 0 Å². The molecule has 5 nitrogen and oxygen atoms in total. The van der Waals surface area contributed by atoms with Crippen molar-refractivity contribution in [2.75, 3.05) is 0 Å². The fourth-order valence-corrected chi connectivity index (χ4v) is 2.76. The first-order valence-electron chi connectivity index (χ1n) is 7.23. The van der Waals surface area contributed by atoms with Crippen LogP contribution in [0.4, 0.5) is 0 Å². The molecule has 1 atom stereocenters. The minimum absolute atomic E-state index is 0.471. The van der Waals surface area contributed by atoms with Gasteiger partial charge >= 0.3 is 5.97 Å². The Hall–Kier alpha value is -3.08. The summed E-state index contributed by atoms with van der Waals surface area (Å²) < 4.78 is 2.23. The van der Waals surface area contributed by atoms with E-state index in [2.05, 4.69) is 0 Å². The molecule has 1 heterocycles. The molecule has 23 heavy (non-hydrogen) atoms. The molecule has 0 amide bonds. The monoisotopic (exact) mass is 308 g/mol. The van der Waals surface area contributed by atoms with Gasteiger partial charge in [-0.05, 0) is 0 Å². The van der Waals surface area contributed by atoms with E-state index in [1.54, 1.807) is 31.2 Å². The third-order valence-electron chi connectivity index (χ3n) is 3.84. The highest BCUT2D eigenvalue weighted by Gasteiger charge is 2.32. The van der Waals surface area contributed by atoms with Crippen LogP contribution in [0.5, 0.6) is 0 Å². The number of aromatic nitrogens is 2. The number of hydrogen-bond acceptors (Lipinski definition) is 2. The number of aliphatic carboxylic acids is 1. The van der Waals surface area contributed by atoms with E-state index >= 15 is 0 Å². The average molecular weight is 308 g/mol. The maximum atomic E-state index is 12.1. The van der Waals surface area contributed by atoms with Crippen LogP contribution in [0.15, 0.2) is 67.0 Å². The first kappa shape index (κ1) is 14.8. The first-order chi connectivity index (χ1) is 11.1. The van der Waals surface area contributed by atoms with Gasteiger partial charge < -0.3 is 10.3 Å². The van der Waals surface area contributed by atoms with Crippen molar-refractivity contribution in [2.45, 2.75) is 13.0 Å². The van der Waals surface area contributed by atoms with Crippen LogP contribution in [0.1, 0.15) is 17.3 Å². The zero-order chi connectivity index (χ0) is 16.4. The van der Waals surface area contributed by atoms with Gasteiger partial charge in [0, 0.05) is 18.1 Å². The van der Waals surface area contributed by atoms with Crippen molar-refractivity contribution in [3.05, 3.63) is 83.5 Å². The van der Waals surface area contributed by atoms with Gasteiger partial charge in [0.15, 0.2) is 11.4 Å². The SMILES string of the molecule is Cc1c(-c2ccccc2)n(C(C(=O)O)c2ccccc2)c[n+]1[O-]. The highest BCUT2D eigenvalue weighted by Crippen LogP contribution is 2.28. The molecule has 1 aromatic heterocycles. The Morgan fingerprint density at radius 3 is 2.22 bits per heavy atom. The summed E-state index contributed by atoms with van der Waals surface area (Å²) in [6.45, 7) is 1.69. The standard InChI is InChI=1S/C18H16N2O3/c1-13-16(14-8-4-2-5-9-14)19(12-20(13)23)17(18(21)22)15-10-6-3-7-11-15/h2-12,17H,1H3,(H,21,22). The summed E-state index contributed by atoms with van der Waals surface area (Å²) in [7, 11) is 0. The molecule has 0 saturated carbocycles. The van der Waals surface area contributed by atoms with Gasteiger partial charge in [-0.15, -0.1) is 0 Å². The highest BCUT2D eigenvalue weighted by atomic mass is 16.5. The Morgan fingerprint density at radius 2 is 1.65 bits per heavy atom. The Morgan fingerprint density at radius 1 is 1.09 bits per heavy atom. The highest BCUT2D eigenvalue weighted by molar-refractivity contribution is 5.77. The largest absolute Gasteiger partial charge is 0.711 e. The van der Waals surface area contributed by atoms with Gasteiger partial charge in [0.05, 0.1) is 0 Å². The van der Waals surface area contributed by atoms with Crippen LogP contribution < -0.4 is 4.73 Å². The number of hydrogen-bond donors (Lipinski definition) is 1. The summed E-state index contributed by atoms with van der Waals surface area (Å²) in [6.07, 6.45) is 1.30. The van der Waals surface area contributed by atoms with Gasteiger partial charge in [0.1, 0.15) is 0 Å². The number of carboxylic acids is 1. The maximum absolute atomic E-state index is 12.1. The maximum Gasteiger partial charge on any atom is 0.354 e. The van der Waals surface area contributed by atoms with Crippen molar-refractivity contribution >= 4 is 5.97 Å². The van der Waals surface area contributed by atoms with E-state index in [1.807, 2.05) is 36.4 Å². The zero-order valence-electron chi connectivity index (χ0n) is 12.6. The Bertz CT molecular complexity index is 826. The van der Waals surface area contributed by atoms with Crippen molar-refractivity contribution in [1.29, 1.82) is 0 Å².